The van der Waals surface area contributed by atoms with Gasteiger partial charge in [0.15, 0.2) is 0 Å². The molecule has 2 aromatic carbocycles. The Balaban J connectivity index is 1.83. The Labute approximate surface area is 122 Å². The lowest BCUT2D eigenvalue weighted by Gasteiger charge is -2.08. The number of nitrogens with one attached hydrogen (secondary N) is 1. The zero-order valence-corrected chi connectivity index (χ0v) is 12.5. The average Bonchev–Trinajstić information content (AvgIpc) is 2.38. The lowest BCUT2D eigenvalue weighted by molar-refractivity contribution is 0.587. The summed E-state index contributed by atoms with van der Waals surface area (Å²) in [4.78, 5) is 0. The summed E-state index contributed by atoms with van der Waals surface area (Å²) >= 11 is 3.26. The molecule has 1 N–H and O–H groups in total. The van der Waals surface area contributed by atoms with Crippen molar-refractivity contribution in [2.45, 2.75) is 19.9 Å². The van der Waals surface area contributed by atoms with Crippen molar-refractivity contribution in [1.29, 1.82) is 0 Å². The van der Waals surface area contributed by atoms with Crippen molar-refractivity contribution in [1.82, 2.24) is 5.32 Å². The summed E-state index contributed by atoms with van der Waals surface area (Å²) in [5.41, 5.74) is 3.35. The van der Waals surface area contributed by atoms with E-state index in [0.29, 0.717) is 12.1 Å². The fraction of sp³-hybridized carbons (Fsp3) is 0.250. The summed E-state index contributed by atoms with van der Waals surface area (Å²) in [6.07, 6.45) is 0.963. The minimum atomic E-state index is -0.169. The van der Waals surface area contributed by atoms with Gasteiger partial charge in [-0.25, -0.2) is 4.39 Å². The van der Waals surface area contributed by atoms with Crippen LogP contribution in [0.3, 0.4) is 0 Å². The Morgan fingerprint density at radius 1 is 1.11 bits per heavy atom. The van der Waals surface area contributed by atoms with Crippen molar-refractivity contribution in [3.8, 4) is 0 Å². The highest BCUT2D eigenvalue weighted by molar-refractivity contribution is 9.10. The van der Waals surface area contributed by atoms with Crippen LogP contribution >= 0.6 is 15.9 Å². The highest BCUT2D eigenvalue weighted by Crippen LogP contribution is 2.15. The molecule has 2 aromatic rings. The van der Waals surface area contributed by atoms with Crippen molar-refractivity contribution in [3.05, 3.63) is 69.4 Å². The predicted octanol–water partition coefficient (Wildman–Crippen LogP) is 4.23. The lowest BCUT2D eigenvalue weighted by atomic mass is 10.1. The molecule has 0 saturated carbocycles. The molecule has 0 fully saturated rings. The van der Waals surface area contributed by atoms with Crippen LogP contribution in [0.15, 0.2) is 46.9 Å². The molecule has 1 nitrogen and oxygen atoms in total. The van der Waals surface area contributed by atoms with Gasteiger partial charge >= 0.3 is 0 Å². The summed E-state index contributed by atoms with van der Waals surface area (Å²) in [5.74, 6) is -0.169. The Morgan fingerprint density at radius 2 is 1.89 bits per heavy atom. The molecule has 0 unspecified atom stereocenters. The second-order valence-corrected chi connectivity index (χ2v) is 5.50. The predicted molar refractivity (Wildman–Crippen MR) is 80.7 cm³/mol. The minimum absolute atomic E-state index is 0.169. The van der Waals surface area contributed by atoms with E-state index in [1.807, 2.05) is 12.1 Å². The molecule has 2 rings (SSSR count). The van der Waals surface area contributed by atoms with Crippen LogP contribution in [0, 0.1) is 12.7 Å². The van der Waals surface area contributed by atoms with Crippen molar-refractivity contribution >= 4 is 15.9 Å². The number of rotatable bonds is 5. The van der Waals surface area contributed by atoms with Gasteiger partial charge in [0.25, 0.3) is 0 Å². The molecule has 0 saturated heterocycles. The Hall–Kier alpha value is -1.19. The molecule has 0 aliphatic carbocycles. The molecular formula is C16H17BrFN. The first-order chi connectivity index (χ1) is 9.16. The van der Waals surface area contributed by atoms with Crippen LogP contribution in [0.4, 0.5) is 4.39 Å². The number of aryl methyl sites for hydroxylation is 1. The summed E-state index contributed by atoms with van der Waals surface area (Å²) in [5, 5.41) is 3.28. The Bertz CT molecular complexity index is 554. The molecule has 0 atom stereocenters. The van der Waals surface area contributed by atoms with Gasteiger partial charge in [0, 0.05) is 16.6 Å². The van der Waals surface area contributed by atoms with E-state index in [4.69, 9.17) is 0 Å². The fourth-order valence-corrected chi connectivity index (χ4v) is 2.33. The number of hydrogen-bond donors (Lipinski definition) is 1. The quantitative estimate of drug-likeness (QED) is 0.813. The number of halogens is 2. The van der Waals surface area contributed by atoms with Crippen molar-refractivity contribution < 1.29 is 4.39 Å². The van der Waals surface area contributed by atoms with Crippen LogP contribution in [0.25, 0.3) is 0 Å². The van der Waals surface area contributed by atoms with Gasteiger partial charge in [0.1, 0.15) is 5.82 Å². The smallest absolute Gasteiger partial charge is 0.128 e. The molecule has 0 radical (unpaired) electrons. The van der Waals surface area contributed by atoms with E-state index in [0.717, 1.165) is 17.4 Å². The summed E-state index contributed by atoms with van der Waals surface area (Å²) in [6.45, 7) is 3.52. The van der Waals surface area contributed by atoms with Gasteiger partial charge in [-0.2, -0.15) is 0 Å². The maximum absolute atomic E-state index is 13.6. The third-order valence-electron chi connectivity index (χ3n) is 3.16. The molecule has 0 aliphatic heterocycles. The highest BCUT2D eigenvalue weighted by atomic mass is 79.9. The van der Waals surface area contributed by atoms with Gasteiger partial charge in [0.05, 0.1) is 0 Å². The maximum Gasteiger partial charge on any atom is 0.128 e. The topological polar surface area (TPSA) is 12.0 Å². The van der Waals surface area contributed by atoms with Gasteiger partial charge in [0.2, 0.25) is 0 Å². The third kappa shape index (κ3) is 4.15. The minimum Gasteiger partial charge on any atom is -0.312 e. The summed E-state index contributed by atoms with van der Waals surface area (Å²) < 4.78 is 14.4. The summed E-state index contributed by atoms with van der Waals surface area (Å²) in [6, 6.07) is 13.5. The van der Waals surface area contributed by atoms with Crippen LogP contribution < -0.4 is 5.32 Å². The van der Waals surface area contributed by atoms with Crippen LogP contribution in [0.5, 0.6) is 0 Å². The average molecular weight is 322 g/mol. The molecule has 3 heteroatoms. The van der Waals surface area contributed by atoms with Crippen molar-refractivity contribution in [3.63, 3.8) is 0 Å². The largest absolute Gasteiger partial charge is 0.312 e. The van der Waals surface area contributed by atoms with Gasteiger partial charge in [-0.15, -0.1) is 0 Å². The molecular weight excluding hydrogens is 305 g/mol. The van der Waals surface area contributed by atoms with E-state index in [1.54, 1.807) is 6.07 Å². The first kappa shape index (κ1) is 14.2. The SMILES string of the molecule is Cc1ccccc1CCNCc1ccc(Br)cc1F. The van der Waals surface area contributed by atoms with E-state index < -0.39 is 0 Å². The van der Waals surface area contributed by atoms with Crippen molar-refractivity contribution in [2.75, 3.05) is 6.54 Å². The molecule has 0 spiro atoms. The van der Waals surface area contributed by atoms with Crippen LogP contribution in [-0.2, 0) is 13.0 Å². The second kappa shape index (κ2) is 6.83. The molecule has 0 aliphatic rings. The number of benzene rings is 2. The number of hydrogen-bond acceptors (Lipinski definition) is 1. The van der Waals surface area contributed by atoms with E-state index in [-0.39, 0.29) is 5.82 Å². The fourth-order valence-electron chi connectivity index (χ4n) is 2.00. The van der Waals surface area contributed by atoms with E-state index >= 15 is 0 Å². The monoisotopic (exact) mass is 321 g/mol. The molecule has 0 heterocycles. The van der Waals surface area contributed by atoms with Gasteiger partial charge in [-0.1, -0.05) is 46.3 Å². The first-order valence-electron chi connectivity index (χ1n) is 6.36. The Morgan fingerprint density at radius 3 is 2.63 bits per heavy atom. The molecule has 0 amide bonds. The first-order valence-corrected chi connectivity index (χ1v) is 7.15. The third-order valence-corrected chi connectivity index (χ3v) is 3.66. The zero-order valence-electron chi connectivity index (χ0n) is 10.9. The van der Waals surface area contributed by atoms with Crippen molar-refractivity contribution in [2.24, 2.45) is 0 Å². The van der Waals surface area contributed by atoms with Crippen LogP contribution in [0.1, 0.15) is 16.7 Å². The maximum atomic E-state index is 13.6. The standard InChI is InChI=1S/C16H17BrFN/c1-12-4-2-3-5-13(12)8-9-19-11-14-6-7-15(17)10-16(14)18/h2-7,10,19H,8-9,11H2,1H3. The van der Waals surface area contributed by atoms with E-state index in [9.17, 15) is 4.39 Å². The van der Waals surface area contributed by atoms with Crippen LogP contribution in [0.2, 0.25) is 0 Å². The van der Waals surface area contributed by atoms with Gasteiger partial charge in [-0.3, -0.25) is 0 Å². The highest BCUT2D eigenvalue weighted by Gasteiger charge is 2.02. The molecule has 0 bridgehead atoms. The summed E-state index contributed by atoms with van der Waals surface area (Å²) in [7, 11) is 0. The Kier molecular flexibility index (Phi) is 5.11. The van der Waals surface area contributed by atoms with E-state index in [2.05, 4.69) is 46.4 Å². The molecule has 100 valence electrons. The van der Waals surface area contributed by atoms with E-state index in [1.165, 1.54) is 17.2 Å². The second-order valence-electron chi connectivity index (χ2n) is 4.59. The normalized spacial score (nSPS) is 10.7. The van der Waals surface area contributed by atoms with Gasteiger partial charge in [-0.05, 0) is 43.1 Å². The van der Waals surface area contributed by atoms with Gasteiger partial charge < -0.3 is 5.32 Å². The zero-order chi connectivity index (χ0) is 13.7. The molecule has 19 heavy (non-hydrogen) atoms. The van der Waals surface area contributed by atoms with Crippen LogP contribution in [-0.4, -0.2) is 6.54 Å². The molecule has 0 aromatic heterocycles. The lowest BCUT2D eigenvalue weighted by Crippen LogP contribution is -2.17.